The highest BCUT2D eigenvalue weighted by atomic mass is 16.7. The highest BCUT2D eigenvalue weighted by Gasteiger charge is 2.45. The predicted molar refractivity (Wildman–Crippen MR) is 99.5 cm³/mol. The van der Waals surface area contributed by atoms with Crippen LogP contribution < -0.4 is 16.1 Å². The van der Waals surface area contributed by atoms with Crippen molar-refractivity contribution in [1.29, 1.82) is 0 Å². The first-order chi connectivity index (χ1) is 14.4. The highest BCUT2D eigenvalue weighted by molar-refractivity contribution is 6.25. The fourth-order valence-corrected chi connectivity index (χ4v) is 3.16. The molecule has 5 amide bonds. The topological polar surface area (TPSA) is 163 Å². The number of hydrogen-bond acceptors (Lipinski definition) is 8. The molecule has 1 unspecified atom stereocenters. The summed E-state index contributed by atoms with van der Waals surface area (Å²) in [5.74, 6) is -2.37. The van der Waals surface area contributed by atoms with Crippen molar-refractivity contribution in [3.63, 3.8) is 0 Å². The summed E-state index contributed by atoms with van der Waals surface area (Å²) in [6.07, 6.45) is -1.02. The maximum Gasteiger partial charge on any atom is 0.404 e. The van der Waals surface area contributed by atoms with Crippen LogP contribution >= 0.6 is 0 Å². The maximum absolute atomic E-state index is 12.9. The molecular formula is C18H20N4O8. The maximum atomic E-state index is 12.9. The Balaban J connectivity index is 1.58. The summed E-state index contributed by atoms with van der Waals surface area (Å²) in [6, 6.07) is 3.55. The molecule has 2 aliphatic heterocycles. The molecule has 3 rings (SSSR count). The third-order valence-electron chi connectivity index (χ3n) is 4.50. The van der Waals surface area contributed by atoms with Crippen LogP contribution in [0.15, 0.2) is 18.2 Å². The van der Waals surface area contributed by atoms with Gasteiger partial charge in [0.25, 0.3) is 11.8 Å². The van der Waals surface area contributed by atoms with E-state index in [9.17, 15) is 24.0 Å². The number of ether oxygens (including phenoxy) is 1. The lowest BCUT2D eigenvalue weighted by Gasteiger charge is -2.27. The zero-order valence-electron chi connectivity index (χ0n) is 15.8. The van der Waals surface area contributed by atoms with Gasteiger partial charge in [-0.2, -0.15) is 0 Å². The van der Waals surface area contributed by atoms with Gasteiger partial charge in [-0.3, -0.25) is 39.7 Å². The normalized spacial score (nSPS) is 18.3. The Labute approximate surface area is 170 Å². The second-order valence-electron chi connectivity index (χ2n) is 6.47. The van der Waals surface area contributed by atoms with Crippen molar-refractivity contribution in [2.24, 2.45) is 0 Å². The molecule has 0 saturated carbocycles. The molecule has 0 aromatic heterocycles. The smallest absolute Gasteiger partial charge is 0.404 e. The van der Waals surface area contributed by atoms with Crippen LogP contribution in [-0.4, -0.2) is 72.1 Å². The first-order valence-electron chi connectivity index (χ1n) is 9.17. The molecule has 1 atom stereocenters. The molecule has 160 valence electrons. The summed E-state index contributed by atoms with van der Waals surface area (Å²) >= 11 is 0. The van der Waals surface area contributed by atoms with Gasteiger partial charge in [-0.25, -0.2) is 4.79 Å². The number of hydrogen-bond donors (Lipinski definition) is 4. The van der Waals surface area contributed by atoms with E-state index in [0.717, 1.165) is 4.90 Å². The molecule has 0 radical (unpaired) electrons. The van der Waals surface area contributed by atoms with E-state index in [1.165, 1.54) is 6.07 Å². The zero-order valence-corrected chi connectivity index (χ0v) is 15.8. The van der Waals surface area contributed by atoms with Crippen LogP contribution in [0.4, 0.5) is 10.5 Å². The van der Waals surface area contributed by atoms with Crippen LogP contribution in [0.25, 0.3) is 0 Å². The van der Waals surface area contributed by atoms with Crippen LogP contribution in [0.1, 0.15) is 33.6 Å². The Morgan fingerprint density at radius 2 is 1.97 bits per heavy atom. The van der Waals surface area contributed by atoms with Gasteiger partial charge in [-0.1, -0.05) is 6.07 Å². The molecule has 2 aliphatic rings. The lowest BCUT2D eigenvalue weighted by atomic mass is 10.0. The summed E-state index contributed by atoms with van der Waals surface area (Å²) in [6.45, 7) is 0.570. The number of fused-ring (bicyclic) bond motifs is 1. The van der Waals surface area contributed by atoms with Crippen molar-refractivity contribution in [3.8, 4) is 0 Å². The SMILES string of the molecule is O=C(O)NCCOCCONc1cccc2c1C(=O)N(C1CCC(=O)NC1=O)C2=O. The second kappa shape index (κ2) is 9.33. The molecule has 1 aromatic carbocycles. The number of imide groups is 2. The van der Waals surface area contributed by atoms with E-state index in [4.69, 9.17) is 14.7 Å². The number of nitrogens with one attached hydrogen (secondary N) is 3. The molecule has 0 spiro atoms. The third kappa shape index (κ3) is 4.55. The fraction of sp³-hybridized carbons (Fsp3) is 0.389. The van der Waals surface area contributed by atoms with Gasteiger partial charge < -0.3 is 15.2 Å². The van der Waals surface area contributed by atoms with Crippen molar-refractivity contribution in [1.82, 2.24) is 15.5 Å². The lowest BCUT2D eigenvalue weighted by Crippen LogP contribution is -2.54. The first-order valence-corrected chi connectivity index (χ1v) is 9.17. The molecular weight excluding hydrogens is 400 g/mol. The van der Waals surface area contributed by atoms with E-state index in [-0.39, 0.29) is 56.0 Å². The van der Waals surface area contributed by atoms with E-state index in [1.807, 2.05) is 0 Å². The van der Waals surface area contributed by atoms with Crippen molar-refractivity contribution >= 4 is 35.4 Å². The van der Waals surface area contributed by atoms with Crippen LogP contribution in [0.2, 0.25) is 0 Å². The second-order valence-corrected chi connectivity index (χ2v) is 6.47. The van der Waals surface area contributed by atoms with Crippen molar-refractivity contribution in [2.45, 2.75) is 18.9 Å². The molecule has 4 N–H and O–H groups in total. The predicted octanol–water partition coefficient (Wildman–Crippen LogP) is -0.285. The molecule has 30 heavy (non-hydrogen) atoms. The van der Waals surface area contributed by atoms with Gasteiger partial charge in [0.15, 0.2) is 0 Å². The van der Waals surface area contributed by atoms with Gasteiger partial charge in [0.1, 0.15) is 6.04 Å². The highest BCUT2D eigenvalue weighted by Crippen LogP contribution is 2.32. The molecule has 1 fully saturated rings. The van der Waals surface area contributed by atoms with Crippen molar-refractivity contribution in [3.05, 3.63) is 29.3 Å². The van der Waals surface area contributed by atoms with E-state index < -0.39 is 35.8 Å². The van der Waals surface area contributed by atoms with Gasteiger partial charge in [0, 0.05) is 13.0 Å². The summed E-state index contributed by atoms with van der Waals surface area (Å²) in [7, 11) is 0. The van der Waals surface area contributed by atoms with Crippen molar-refractivity contribution in [2.75, 3.05) is 31.8 Å². The number of piperidine rings is 1. The number of anilines is 1. The third-order valence-corrected chi connectivity index (χ3v) is 4.50. The monoisotopic (exact) mass is 420 g/mol. The van der Waals surface area contributed by atoms with Gasteiger partial charge in [0.05, 0.1) is 36.6 Å². The number of amides is 5. The first kappa shape index (κ1) is 21.2. The minimum absolute atomic E-state index is 0.0417. The van der Waals surface area contributed by atoms with Crippen molar-refractivity contribution < 1.29 is 38.7 Å². The average Bonchev–Trinajstić information content (AvgIpc) is 2.95. The number of nitrogens with zero attached hydrogens (tertiary/aromatic N) is 1. The number of carboxylic acid groups (broad SMARTS) is 1. The zero-order chi connectivity index (χ0) is 21.7. The van der Waals surface area contributed by atoms with Gasteiger partial charge in [0.2, 0.25) is 11.8 Å². The summed E-state index contributed by atoms with van der Waals surface area (Å²) in [5, 5.41) is 12.7. The molecule has 1 aromatic rings. The van der Waals surface area contributed by atoms with Gasteiger partial charge in [-0.05, 0) is 18.6 Å². The van der Waals surface area contributed by atoms with E-state index in [0.29, 0.717) is 0 Å². The molecule has 1 saturated heterocycles. The minimum Gasteiger partial charge on any atom is -0.465 e. The van der Waals surface area contributed by atoms with E-state index in [2.05, 4.69) is 16.1 Å². The Kier molecular flexibility index (Phi) is 6.59. The van der Waals surface area contributed by atoms with Crippen LogP contribution in [0.5, 0.6) is 0 Å². The van der Waals surface area contributed by atoms with Crippen LogP contribution in [0.3, 0.4) is 0 Å². The van der Waals surface area contributed by atoms with Crippen LogP contribution in [0, 0.1) is 0 Å². The summed E-state index contributed by atoms with van der Waals surface area (Å²) < 4.78 is 5.18. The van der Waals surface area contributed by atoms with Crippen LogP contribution in [-0.2, 0) is 19.2 Å². The van der Waals surface area contributed by atoms with E-state index >= 15 is 0 Å². The Bertz CT molecular complexity index is 887. The number of benzene rings is 1. The minimum atomic E-state index is -1.14. The van der Waals surface area contributed by atoms with Gasteiger partial charge in [-0.15, -0.1) is 0 Å². The average molecular weight is 420 g/mol. The molecule has 2 heterocycles. The summed E-state index contributed by atoms with van der Waals surface area (Å²) in [4.78, 5) is 65.5. The molecule has 12 heteroatoms. The van der Waals surface area contributed by atoms with E-state index in [1.54, 1.807) is 12.1 Å². The lowest BCUT2D eigenvalue weighted by molar-refractivity contribution is -0.136. The Morgan fingerprint density at radius 3 is 2.70 bits per heavy atom. The standard InChI is InChI=1S/C18H20N4O8/c23-13-5-4-12(15(24)20-13)22-16(25)10-2-1-3-11(14(10)17(22)26)21-30-9-8-29-7-6-19-18(27)28/h1-3,12,19,21H,4-9H2,(H,27,28)(H,20,23,24). The largest absolute Gasteiger partial charge is 0.465 e. The number of carbonyl (C=O) groups excluding carboxylic acids is 4. The van der Waals surface area contributed by atoms with Gasteiger partial charge >= 0.3 is 6.09 Å². The molecule has 12 nitrogen and oxygen atoms in total. The number of carbonyl (C=O) groups is 5. The molecule has 0 bridgehead atoms. The number of rotatable bonds is 9. The Morgan fingerprint density at radius 1 is 1.17 bits per heavy atom. The Hall–Kier alpha value is -3.51. The quantitative estimate of drug-likeness (QED) is 0.239. The molecule has 0 aliphatic carbocycles. The fourth-order valence-electron chi connectivity index (χ4n) is 3.16. The summed E-state index contributed by atoms with van der Waals surface area (Å²) in [5.41, 5.74) is 3.08.